The lowest BCUT2D eigenvalue weighted by molar-refractivity contribution is 0.0989. The fourth-order valence-electron chi connectivity index (χ4n) is 1.84. The lowest BCUT2D eigenvalue weighted by Crippen LogP contribution is -2.13. The van der Waals surface area contributed by atoms with Crippen LogP contribution in [0.4, 0.5) is 0 Å². The van der Waals surface area contributed by atoms with Crippen molar-refractivity contribution >= 4 is 21.7 Å². The molecule has 5 heteroatoms. The Morgan fingerprint density at radius 3 is 2.79 bits per heavy atom. The lowest BCUT2D eigenvalue weighted by atomic mass is 10.1. The van der Waals surface area contributed by atoms with E-state index in [-0.39, 0.29) is 18.2 Å². The molecule has 0 fully saturated rings. The summed E-state index contributed by atoms with van der Waals surface area (Å²) in [6, 6.07) is 5.84. The molecule has 2 rings (SSSR count). The highest BCUT2D eigenvalue weighted by molar-refractivity contribution is 9.10. The van der Waals surface area contributed by atoms with Crippen LogP contribution in [0, 0.1) is 6.92 Å². The fourth-order valence-corrected chi connectivity index (χ4v) is 2.22. The van der Waals surface area contributed by atoms with E-state index in [0.717, 1.165) is 10.0 Å². The van der Waals surface area contributed by atoms with Gasteiger partial charge in [-0.05, 0) is 32.4 Å². The Bertz CT molecular complexity index is 604. The summed E-state index contributed by atoms with van der Waals surface area (Å²) in [5.74, 6) is 0.757. The highest BCUT2D eigenvalue weighted by Gasteiger charge is 2.14. The number of ketones is 1. The van der Waals surface area contributed by atoms with E-state index >= 15 is 0 Å². The number of hydrogen-bond acceptors (Lipinski definition) is 3. The maximum Gasteiger partial charge on any atom is 0.170 e. The quantitative estimate of drug-likeness (QED) is 0.811. The highest BCUT2D eigenvalue weighted by Crippen LogP contribution is 2.19. The van der Waals surface area contributed by atoms with Crippen molar-refractivity contribution in [3.05, 3.63) is 46.0 Å². The van der Waals surface area contributed by atoms with Crippen LogP contribution in [0.5, 0.6) is 0 Å². The monoisotopic (exact) mass is 321 g/mol. The zero-order valence-corrected chi connectivity index (χ0v) is 12.8. The Morgan fingerprint density at radius 1 is 1.42 bits per heavy atom. The molecule has 0 N–H and O–H groups in total. The molecule has 0 spiro atoms. The van der Waals surface area contributed by atoms with Crippen molar-refractivity contribution in [3.8, 4) is 0 Å². The van der Waals surface area contributed by atoms with Gasteiger partial charge in [0.05, 0.1) is 6.42 Å². The predicted molar refractivity (Wildman–Crippen MR) is 77.3 cm³/mol. The molecule has 19 heavy (non-hydrogen) atoms. The normalized spacial score (nSPS) is 11.0. The molecule has 1 aromatic heterocycles. The van der Waals surface area contributed by atoms with Crippen LogP contribution in [-0.4, -0.2) is 20.5 Å². The summed E-state index contributed by atoms with van der Waals surface area (Å²) < 4.78 is 2.73. The average Bonchev–Trinajstić information content (AvgIpc) is 2.80. The Labute approximate surface area is 121 Å². The molecule has 4 nitrogen and oxygen atoms in total. The maximum absolute atomic E-state index is 12.2. The first-order chi connectivity index (χ1) is 8.99. The van der Waals surface area contributed by atoms with E-state index in [0.29, 0.717) is 11.4 Å². The number of rotatable bonds is 4. The number of hydrogen-bond donors (Lipinski definition) is 0. The van der Waals surface area contributed by atoms with E-state index in [1.54, 1.807) is 4.68 Å². The molecule has 0 unspecified atom stereocenters. The van der Waals surface area contributed by atoms with Gasteiger partial charge >= 0.3 is 0 Å². The van der Waals surface area contributed by atoms with Crippen molar-refractivity contribution in [1.82, 2.24) is 14.8 Å². The van der Waals surface area contributed by atoms with Gasteiger partial charge in [-0.3, -0.25) is 4.79 Å². The van der Waals surface area contributed by atoms with Gasteiger partial charge in [0.1, 0.15) is 12.2 Å². The summed E-state index contributed by atoms with van der Waals surface area (Å²) in [5, 5.41) is 4.14. The summed E-state index contributed by atoms with van der Waals surface area (Å²) in [4.78, 5) is 16.4. The molecule has 0 aliphatic carbocycles. The number of halogens is 1. The van der Waals surface area contributed by atoms with Crippen LogP contribution in [0.3, 0.4) is 0 Å². The molecule has 0 saturated carbocycles. The molecular weight excluding hydrogens is 306 g/mol. The summed E-state index contributed by atoms with van der Waals surface area (Å²) >= 11 is 3.44. The van der Waals surface area contributed by atoms with Crippen LogP contribution in [0.15, 0.2) is 29.0 Å². The minimum Gasteiger partial charge on any atom is -0.294 e. The fraction of sp³-hybridized carbons (Fsp3) is 0.357. The van der Waals surface area contributed by atoms with Crippen molar-refractivity contribution in [2.75, 3.05) is 0 Å². The molecule has 0 amide bonds. The summed E-state index contributed by atoms with van der Waals surface area (Å²) in [5.41, 5.74) is 1.80. The van der Waals surface area contributed by atoms with Crippen LogP contribution in [-0.2, 0) is 6.42 Å². The maximum atomic E-state index is 12.2. The zero-order valence-electron chi connectivity index (χ0n) is 11.2. The van der Waals surface area contributed by atoms with Gasteiger partial charge in [0.25, 0.3) is 0 Å². The van der Waals surface area contributed by atoms with E-state index in [1.807, 2.05) is 39.0 Å². The smallest absolute Gasteiger partial charge is 0.170 e. The Hall–Kier alpha value is -1.49. The number of benzene rings is 1. The van der Waals surface area contributed by atoms with Gasteiger partial charge in [0.2, 0.25) is 0 Å². The second kappa shape index (κ2) is 5.65. The van der Waals surface area contributed by atoms with Gasteiger partial charge in [-0.1, -0.05) is 28.1 Å². The molecular formula is C14H16BrN3O. The first-order valence-corrected chi connectivity index (χ1v) is 6.96. The summed E-state index contributed by atoms with van der Waals surface area (Å²) in [6.07, 6.45) is 1.77. The first kappa shape index (κ1) is 13.9. The van der Waals surface area contributed by atoms with Gasteiger partial charge in [-0.25, -0.2) is 9.67 Å². The molecule has 0 bridgehead atoms. The van der Waals surface area contributed by atoms with Crippen molar-refractivity contribution in [3.63, 3.8) is 0 Å². The predicted octanol–water partition coefficient (Wildman–Crippen LogP) is 3.36. The molecule has 0 atom stereocenters. The Balaban J connectivity index is 2.21. The topological polar surface area (TPSA) is 47.8 Å². The second-order valence-electron chi connectivity index (χ2n) is 4.78. The van der Waals surface area contributed by atoms with Crippen molar-refractivity contribution in [1.29, 1.82) is 0 Å². The van der Waals surface area contributed by atoms with Gasteiger partial charge in [-0.15, -0.1) is 0 Å². The zero-order chi connectivity index (χ0) is 14.0. The minimum absolute atomic E-state index is 0.0515. The number of aromatic nitrogens is 3. The number of carbonyl (C=O) groups excluding carboxylic acids is 1. The number of carbonyl (C=O) groups is 1. The van der Waals surface area contributed by atoms with Gasteiger partial charge in [0.15, 0.2) is 5.78 Å². The molecule has 0 radical (unpaired) electrons. The van der Waals surface area contributed by atoms with Gasteiger partial charge in [0, 0.05) is 16.1 Å². The Morgan fingerprint density at radius 2 is 2.16 bits per heavy atom. The van der Waals surface area contributed by atoms with Crippen molar-refractivity contribution in [2.45, 2.75) is 33.2 Å². The Kier molecular flexibility index (Phi) is 4.14. The van der Waals surface area contributed by atoms with E-state index < -0.39 is 0 Å². The van der Waals surface area contributed by atoms with Crippen LogP contribution in [0.2, 0.25) is 0 Å². The van der Waals surface area contributed by atoms with Crippen molar-refractivity contribution < 1.29 is 4.79 Å². The van der Waals surface area contributed by atoms with Crippen LogP contribution < -0.4 is 0 Å². The number of nitrogens with zero attached hydrogens (tertiary/aromatic N) is 3. The second-order valence-corrected chi connectivity index (χ2v) is 5.63. The number of Topliss-reactive ketones (excluding diaryl/α,β-unsaturated/α-hetero) is 1. The van der Waals surface area contributed by atoms with E-state index in [2.05, 4.69) is 26.0 Å². The summed E-state index contributed by atoms with van der Waals surface area (Å²) in [6.45, 7) is 6.03. The van der Waals surface area contributed by atoms with Gasteiger partial charge < -0.3 is 0 Å². The lowest BCUT2D eigenvalue weighted by Gasteiger charge is -2.09. The largest absolute Gasteiger partial charge is 0.294 e. The summed E-state index contributed by atoms with van der Waals surface area (Å²) in [7, 11) is 0. The SMILES string of the molecule is Cc1ccc(C(=O)Cc2ncnn2C(C)C)cc1Br. The standard InChI is InChI=1S/C14H16BrN3O/c1-9(2)18-14(16-8-17-18)7-13(19)11-5-4-10(3)12(15)6-11/h4-6,8-9H,7H2,1-3H3. The third-order valence-electron chi connectivity index (χ3n) is 2.95. The number of aryl methyl sites for hydroxylation is 1. The van der Waals surface area contributed by atoms with Crippen LogP contribution in [0.1, 0.15) is 41.6 Å². The third kappa shape index (κ3) is 3.10. The molecule has 0 aliphatic heterocycles. The van der Waals surface area contributed by atoms with Crippen LogP contribution in [0.25, 0.3) is 0 Å². The van der Waals surface area contributed by atoms with E-state index in [9.17, 15) is 4.79 Å². The minimum atomic E-state index is 0.0515. The molecule has 1 aromatic carbocycles. The molecule has 100 valence electrons. The average molecular weight is 322 g/mol. The van der Waals surface area contributed by atoms with E-state index in [1.165, 1.54) is 6.33 Å². The molecule has 0 saturated heterocycles. The molecule has 0 aliphatic rings. The van der Waals surface area contributed by atoms with Crippen molar-refractivity contribution in [2.24, 2.45) is 0 Å². The first-order valence-electron chi connectivity index (χ1n) is 6.16. The molecule has 1 heterocycles. The third-order valence-corrected chi connectivity index (χ3v) is 3.80. The van der Waals surface area contributed by atoms with Crippen LogP contribution >= 0.6 is 15.9 Å². The van der Waals surface area contributed by atoms with E-state index in [4.69, 9.17) is 0 Å². The molecule has 2 aromatic rings. The van der Waals surface area contributed by atoms with Gasteiger partial charge in [-0.2, -0.15) is 5.10 Å². The highest BCUT2D eigenvalue weighted by atomic mass is 79.9.